The third-order valence-corrected chi connectivity index (χ3v) is 3.49. The van der Waals surface area contributed by atoms with Crippen molar-refractivity contribution in [3.63, 3.8) is 0 Å². The molecule has 0 saturated carbocycles. The Bertz CT molecular complexity index is 506. The highest BCUT2D eigenvalue weighted by Crippen LogP contribution is 2.38. The number of pyridine rings is 1. The van der Waals surface area contributed by atoms with Crippen LogP contribution in [0.15, 0.2) is 41.3 Å². The fourth-order valence-corrected chi connectivity index (χ4v) is 2.65. The van der Waals surface area contributed by atoms with Crippen LogP contribution >= 0.6 is 0 Å². The monoisotopic (exact) mass is 229 g/mol. The molecule has 0 aromatic carbocycles. The van der Waals surface area contributed by atoms with Gasteiger partial charge in [-0.05, 0) is 36.6 Å². The fourth-order valence-electron chi connectivity index (χ4n) is 2.65. The van der Waals surface area contributed by atoms with E-state index in [0.29, 0.717) is 6.42 Å². The predicted molar refractivity (Wildman–Crippen MR) is 63.5 cm³/mol. The van der Waals surface area contributed by atoms with Gasteiger partial charge in [-0.25, -0.2) is 0 Å². The first-order chi connectivity index (χ1) is 8.28. The molecule has 3 heteroatoms. The van der Waals surface area contributed by atoms with Gasteiger partial charge >= 0.3 is 0 Å². The first-order valence-corrected chi connectivity index (χ1v) is 5.96. The SMILES string of the molecule is OC1(Cc2ccncc2)CCCc2occc21. The van der Waals surface area contributed by atoms with Crippen LogP contribution in [0.2, 0.25) is 0 Å². The summed E-state index contributed by atoms with van der Waals surface area (Å²) in [4.78, 5) is 4.00. The third kappa shape index (κ3) is 1.87. The molecular formula is C14H15NO2. The van der Waals surface area contributed by atoms with E-state index in [1.165, 1.54) is 0 Å². The van der Waals surface area contributed by atoms with E-state index in [2.05, 4.69) is 4.98 Å². The highest BCUT2D eigenvalue weighted by Gasteiger charge is 2.36. The maximum atomic E-state index is 10.8. The average molecular weight is 229 g/mol. The van der Waals surface area contributed by atoms with E-state index in [4.69, 9.17) is 4.42 Å². The van der Waals surface area contributed by atoms with Gasteiger partial charge in [-0.2, -0.15) is 0 Å². The second-order valence-corrected chi connectivity index (χ2v) is 4.67. The molecule has 0 radical (unpaired) electrons. The van der Waals surface area contributed by atoms with Crippen molar-refractivity contribution >= 4 is 0 Å². The molecule has 1 aliphatic carbocycles. The summed E-state index contributed by atoms with van der Waals surface area (Å²) < 4.78 is 5.42. The standard InChI is InChI=1S/C14H15NO2/c16-14(10-11-3-7-15-8-4-11)6-1-2-13-12(14)5-9-17-13/h3-5,7-9,16H,1-2,6,10H2. The molecule has 3 rings (SSSR count). The van der Waals surface area contributed by atoms with Gasteiger partial charge in [0.15, 0.2) is 0 Å². The van der Waals surface area contributed by atoms with E-state index in [1.54, 1.807) is 18.7 Å². The second kappa shape index (κ2) is 4.00. The van der Waals surface area contributed by atoms with E-state index in [9.17, 15) is 5.11 Å². The smallest absolute Gasteiger partial charge is 0.109 e. The Morgan fingerprint density at radius 2 is 2.12 bits per heavy atom. The van der Waals surface area contributed by atoms with E-state index in [0.717, 1.165) is 36.1 Å². The minimum atomic E-state index is -0.776. The maximum absolute atomic E-state index is 10.8. The molecular weight excluding hydrogens is 214 g/mol. The Labute approximate surface area is 100 Å². The van der Waals surface area contributed by atoms with Crippen molar-refractivity contribution in [1.82, 2.24) is 4.98 Å². The zero-order valence-corrected chi connectivity index (χ0v) is 9.60. The van der Waals surface area contributed by atoms with Crippen LogP contribution in [0.25, 0.3) is 0 Å². The summed E-state index contributed by atoms with van der Waals surface area (Å²) in [7, 11) is 0. The van der Waals surface area contributed by atoms with Crippen molar-refractivity contribution in [2.45, 2.75) is 31.3 Å². The van der Waals surface area contributed by atoms with Crippen molar-refractivity contribution in [2.75, 3.05) is 0 Å². The molecule has 88 valence electrons. The van der Waals surface area contributed by atoms with E-state index >= 15 is 0 Å². The van der Waals surface area contributed by atoms with Crippen LogP contribution in [0.4, 0.5) is 0 Å². The largest absolute Gasteiger partial charge is 0.469 e. The van der Waals surface area contributed by atoms with Crippen LogP contribution in [0.5, 0.6) is 0 Å². The molecule has 2 heterocycles. The Hall–Kier alpha value is -1.61. The van der Waals surface area contributed by atoms with Crippen LogP contribution in [-0.4, -0.2) is 10.1 Å². The Balaban J connectivity index is 1.93. The van der Waals surface area contributed by atoms with E-state index < -0.39 is 5.60 Å². The summed E-state index contributed by atoms with van der Waals surface area (Å²) in [6.45, 7) is 0. The zero-order chi connectivity index (χ0) is 11.7. The Morgan fingerprint density at radius 1 is 1.29 bits per heavy atom. The number of hydrogen-bond acceptors (Lipinski definition) is 3. The van der Waals surface area contributed by atoms with Crippen molar-refractivity contribution in [2.24, 2.45) is 0 Å². The van der Waals surface area contributed by atoms with Crippen LogP contribution in [-0.2, 0) is 18.4 Å². The average Bonchev–Trinajstić information content (AvgIpc) is 2.80. The van der Waals surface area contributed by atoms with Crippen molar-refractivity contribution in [3.05, 3.63) is 53.7 Å². The fraction of sp³-hybridized carbons (Fsp3) is 0.357. The molecule has 0 bridgehead atoms. The summed E-state index contributed by atoms with van der Waals surface area (Å²) in [6, 6.07) is 5.80. The second-order valence-electron chi connectivity index (χ2n) is 4.67. The van der Waals surface area contributed by atoms with Gasteiger partial charge in [0.05, 0.1) is 11.9 Å². The van der Waals surface area contributed by atoms with Crippen LogP contribution < -0.4 is 0 Å². The summed E-state index contributed by atoms with van der Waals surface area (Å²) >= 11 is 0. The molecule has 0 aliphatic heterocycles. The number of fused-ring (bicyclic) bond motifs is 1. The molecule has 1 atom stereocenters. The van der Waals surface area contributed by atoms with Gasteiger partial charge in [-0.3, -0.25) is 4.98 Å². The van der Waals surface area contributed by atoms with Crippen LogP contribution in [0, 0.1) is 0 Å². The minimum Gasteiger partial charge on any atom is -0.469 e. The molecule has 1 N–H and O–H groups in total. The summed E-state index contributed by atoms with van der Waals surface area (Å²) in [6.07, 6.45) is 8.52. The van der Waals surface area contributed by atoms with Crippen molar-refractivity contribution < 1.29 is 9.52 Å². The lowest BCUT2D eigenvalue weighted by Crippen LogP contribution is -2.32. The minimum absolute atomic E-state index is 0.627. The quantitative estimate of drug-likeness (QED) is 0.860. The molecule has 0 spiro atoms. The molecule has 0 fully saturated rings. The van der Waals surface area contributed by atoms with Gasteiger partial charge in [-0.15, -0.1) is 0 Å². The first kappa shape index (κ1) is 10.5. The number of furan rings is 1. The highest BCUT2D eigenvalue weighted by atomic mass is 16.3. The lowest BCUT2D eigenvalue weighted by Gasteiger charge is -2.31. The maximum Gasteiger partial charge on any atom is 0.109 e. The normalized spacial score (nSPS) is 23.4. The van der Waals surface area contributed by atoms with Gasteiger partial charge < -0.3 is 9.52 Å². The van der Waals surface area contributed by atoms with Crippen molar-refractivity contribution in [3.8, 4) is 0 Å². The molecule has 2 aromatic rings. The van der Waals surface area contributed by atoms with E-state index in [1.807, 2.05) is 18.2 Å². The van der Waals surface area contributed by atoms with Crippen LogP contribution in [0.3, 0.4) is 0 Å². The number of nitrogens with zero attached hydrogens (tertiary/aromatic N) is 1. The molecule has 0 saturated heterocycles. The molecule has 1 unspecified atom stereocenters. The summed E-state index contributed by atoms with van der Waals surface area (Å²) in [5.74, 6) is 0.938. The molecule has 2 aromatic heterocycles. The predicted octanol–water partition coefficient (Wildman–Crippen LogP) is 2.44. The summed E-state index contributed by atoms with van der Waals surface area (Å²) in [5.41, 5.74) is 1.29. The van der Waals surface area contributed by atoms with Crippen molar-refractivity contribution in [1.29, 1.82) is 0 Å². The van der Waals surface area contributed by atoms with Crippen LogP contribution in [0.1, 0.15) is 29.7 Å². The Kier molecular flexibility index (Phi) is 2.48. The van der Waals surface area contributed by atoms with Gasteiger partial charge in [0.2, 0.25) is 0 Å². The summed E-state index contributed by atoms with van der Waals surface area (Å²) in [5, 5.41) is 10.8. The van der Waals surface area contributed by atoms with E-state index in [-0.39, 0.29) is 0 Å². The molecule has 0 amide bonds. The number of aromatic nitrogens is 1. The third-order valence-electron chi connectivity index (χ3n) is 3.49. The highest BCUT2D eigenvalue weighted by molar-refractivity contribution is 5.30. The van der Waals surface area contributed by atoms with Gasteiger partial charge in [0.25, 0.3) is 0 Å². The van der Waals surface area contributed by atoms with Gasteiger partial charge in [-0.1, -0.05) is 0 Å². The number of aryl methyl sites for hydroxylation is 1. The number of rotatable bonds is 2. The zero-order valence-electron chi connectivity index (χ0n) is 9.60. The molecule has 17 heavy (non-hydrogen) atoms. The topological polar surface area (TPSA) is 46.3 Å². The molecule has 1 aliphatic rings. The Morgan fingerprint density at radius 3 is 2.94 bits per heavy atom. The van der Waals surface area contributed by atoms with Gasteiger partial charge in [0, 0.05) is 30.8 Å². The number of hydrogen-bond donors (Lipinski definition) is 1. The van der Waals surface area contributed by atoms with Gasteiger partial charge in [0.1, 0.15) is 5.76 Å². The lowest BCUT2D eigenvalue weighted by atomic mass is 9.79. The number of aliphatic hydroxyl groups is 1. The molecule has 3 nitrogen and oxygen atoms in total. The first-order valence-electron chi connectivity index (χ1n) is 5.96. The lowest BCUT2D eigenvalue weighted by molar-refractivity contribution is 0.0168.